The fraction of sp³-hybridized carbons (Fsp3) is 0.562. The number of unbranched alkanes of at least 4 members (excludes halogenated alkanes) is 11. The first-order valence-electron chi connectivity index (χ1n) is 21.6. The lowest BCUT2D eigenvalue weighted by Crippen LogP contribution is -2.50. The highest BCUT2D eigenvalue weighted by Crippen LogP contribution is 2.41. The standard InChI is InChI=1S/C24H33F2IN4O.C15H30.C9H10O2/c1-4-18-11-16-6-7-19(12-16)31(18)24(32)22(28)10-15(3)23(5-2)30-29-9-8-21-20(26)13-17(25)14-27-21;1-3-5-7-9-11-13-15-14-12-10-8-6-4-2;1-7(10)8-3-5-9(11-2)6-4-8/h5,10,13-14,16,18-19,29-30H,3-4,6-9,11-12,28H2,1-2H3;3H,1,4-15H2,2H3;3-6H,1-2H3/b22-10-,23-5+;;. The monoisotopic (exact) mass is 918 g/mol. The van der Waals surface area contributed by atoms with Crippen LogP contribution in [0.4, 0.5) is 8.78 Å². The van der Waals surface area contributed by atoms with Gasteiger partial charge in [-0.05, 0) is 107 Å². The Balaban J connectivity index is 0.000000367. The molecule has 10 heteroatoms. The third-order valence-electron chi connectivity index (χ3n) is 10.8. The second-order valence-corrected chi connectivity index (χ2v) is 17.9. The molecule has 324 valence electrons. The highest BCUT2D eigenvalue weighted by atomic mass is 127. The first-order chi connectivity index (χ1) is 28.0. The first-order valence-corrected chi connectivity index (χ1v) is 23.9. The SMILES string of the molecule is C=C(/C=C(\N)C(=O)N1C(CC)CC2CCC1C2)/C(=C\C)NNCCC1=C(F)C=C(F)C=I1.C=CCCCCCCCCCCCCC.COc1ccc(C(C)=O)cc1. The molecule has 3 atom stereocenters. The van der Waals surface area contributed by atoms with Crippen molar-refractivity contribution in [3.8, 4) is 5.75 Å². The minimum Gasteiger partial charge on any atom is -0.497 e. The second kappa shape index (κ2) is 29.8. The molecule has 58 heavy (non-hydrogen) atoms. The smallest absolute Gasteiger partial charge is 0.270 e. The summed E-state index contributed by atoms with van der Waals surface area (Å²) in [4.78, 5) is 26.0. The summed E-state index contributed by atoms with van der Waals surface area (Å²) in [7, 11) is 1.60. The summed E-state index contributed by atoms with van der Waals surface area (Å²) < 4.78 is 34.0. The van der Waals surface area contributed by atoms with E-state index in [1.807, 2.05) is 24.0 Å². The van der Waals surface area contributed by atoms with Crippen molar-refractivity contribution < 1.29 is 23.1 Å². The Kier molecular flexibility index (Phi) is 26.1. The van der Waals surface area contributed by atoms with Crippen LogP contribution in [0.3, 0.4) is 0 Å². The van der Waals surface area contributed by atoms with Gasteiger partial charge in [-0.3, -0.25) is 9.59 Å². The number of hydrogen-bond acceptors (Lipinski definition) is 6. The Hall–Kier alpha value is -3.38. The molecule has 0 spiro atoms. The molecule has 1 aliphatic carbocycles. The van der Waals surface area contributed by atoms with E-state index in [1.165, 1.54) is 87.5 Å². The van der Waals surface area contributed by atoms with Gasteiger partial charge in [0.2, 0.25) is 0 Å². The number of amides is 1. The highest BCUT2D eigenvalue weighted by Gasteiger charge is 2.42. The van der Waals surface area contributed by atoms with Crippen LogP contribution in [0, 0.1) is 5.92 Å². The molecule has 0 aromatic heterocycles. The van der Waals surface area contributed by atoms with Crippen molar-refractivity contribution in [3.63, 3.8) is 0 Å². The molecular formula is C48H73F2IN4O3. The molecule has 0 radical (unpaired) electrons. The number of Topliss-reactive ketones (excluding diaryl/α,β-unsaturated/α-hetero) is 1. The Morgan fingerprint density at radius 3 is 2.17 bits per heavy atom. The molecule has 4 rings (SSSR count). The summed E-state index contributed by atoms with van der Waals surface area (Å²) in [6.45, 7) is 16.1. The molecular weight excluding hydrogens is 845 g/mol. The van der Waals surface area contributed by atoms with Gasteiger partial charge in [0.05, 0.1) is 18.5 Å². The maximum Gasteiger partial charge on any atom is 0.270 e. The van der Waals surface area contributed by atoms with Crippen LogP contribution < -0.4 is 21.3 Å². The van der Waals surface area contributed by atoms with Gasteiger partial charge in [0.15, 0.2) is 5.78 Å². The molecule has 1 aromatic rings. The maximum absolute atomic E-state index is 13.8. The van der Waals surface area contributed by atoms with Crippen molar-refractivity contribution in [3.05, 3.63) is 99.5 Å². The first kappa shape index (κ1) is 50.8. The topological polar surface area (TPSA) is 96.7 Å². The summed E-state index contributed by atoms with van der Waals surface area (Å²) in [5.74, 6) is 0.543. The van der Waals surface area contributed by atoms with Crippen molar-refractivity contribution >= 4 is 36.4 Å². The van der Waals surface area contributed by atoms with Crippen molar-refractivity contribution in [2.75, 3.05) is 13.7 Å². The van der Waals surface area contributed by atoms with E-state index in [0.717, 1.165) is 43.4 Å². The Labute approximate surface area is 359 Å². The van der Waals surface area contributed by atoms with Crippen LogP contribution in [-0.4, -0.2) is 46.3 Å². The van der Waals surface area contributed by atoms with Crippen LogP contribution in [-0.2, 0) is 4.79 Å². The Morgan fingerprint density at radius 2 is 1.62 bits per heavy atom. The van der Waals surface area contributed by atoms with E-state index in [0.29, 0.717) is 39.4 Å². The zero-order valence-corrected chi connectivity index (χ0v) is 38.3. The normalized spacial score (nSPS) is 18.8. The number of hydrogen-bond donors (Lipinski definition) is 3. The maximum atomic E-state index is 13.8. The minimum absolute atomic E-state index is 0.0765. The van der Waals surface area contributed by atoms with Crippen LogP contribution in [0.2, 0.25) is 0 Å². The van der Waals surface area contributed by atoms with Gasteiger partial charge < -0.3 is 20.8 Å². The molecule has 4 N–H and O–H groups in total. The number of carbonyl (C=O) groups excluding carboxylic acids is 2. The molecule has 1 saturated heterocycles. The third-order valence-corrected chi connectivity index (χ3v) is 13.6. The Bertz CT molecular complexity index is 1580. The lowest BCUT2D eigenvalue weighted by molar-refractivity contribution is -0.133. The van der Waals surface area contributed by atoms with Gasteiger partial charge in [-0.25, -0.2) is 14.2 Å². The average molecular weight is 919 g/mol. The zero-order valence-electron chi connectivity index (χ0n) is 36.2. The van der Waals surface area contributed by atoms with Crippen molar-refractivity contribution in [2.24, 2.45) is 11.7 Å². The molecule has 2 heterocycles. The number of fused-ring (bicyclic) bond motifs is 2. The third kappa shape index (κ3) is 19.1. The van der Waals surface area contributed by atoms with Crippen LogP contribution in [0.15, 0.2) is 93.9 Å². The van der Waals surface area contributed by atoms with Crippen LogP contribution in [0.1, 0.15) is 154 Å². The van der Waals surface area contributed by atoms with Gasteiger partial charge in [-0.15, -0.1) is 6.58 Å². The molecule has 1 amide bonds. The summed E-state index contributed by atoms with van der Waals surface area (Å²) in [6.07, 6.45) is 29.2. The number of ether oxygens (including phenoxy) is 1. The zero-order chi connectivity index (χ0) is 42.7. The molecule has 3 aliphatic rings. The molecule has 1 aromatic carbocycles. The van der Waals surface area contributed by atoms with E-state index in [4.69, 9.17) is 10.5 Å². The van der Waals surface area contributed by atoms with Crippen LogP contribution in [0.25, 0.3) is 0 Å². The Morgan fingerprint density at radius 1 is 0.983 bits per heavy atom. The van der Waals surface area contributed by atoms with Crippen molar-refractivity contribution in [1.29, 1.82) is 0 Å². The number of carbonyl (C=O) groups is 2. The number of hydrazine groups is 1. The van der Waals surface area contributed by atoms with E-state index < -0.39 is 32.4 Å². The van der Waals surface area contributed by atoms with Crippen LogP contribution in [0.5, 0.6) is 5.75 Å². The van der Waals surface area contributed by atoms with E-state index in [1.54, 1.807) is 44.4 Å². The quantitative estimate of drug-likeness (QED) is 0.0192. The number of piperidine rings is 1. The fourth-order valence-electron chi connectivity index (χ4n) is 7.50. The molecule has 2 aliphatic heterocycles. The summed E-state index contributed by atoms with van der Waals surface area (Å²) >= 11 is -0.748. The molecule has 2 bridgehead atoms. The van der Waals surface area contributed by atoms with Gasteiger partial charge in [0, 0.05) is 37.9 Å². The van der Waals surface area contributed by atoms with E-state index in [9.17, 15) is 18.4 Å². The molecule has 7 nitrogen and oxygen atoms in total. The number of benzene rings is 1. The average Bonchev–Trinajstić information content (AvgIpc) is 3.60. The van der Waals surface area contributed by atoms with E-state index in [-0.39, 0.29) is 23.4 Å². The minimum atomic E-state index is -0.748. The van der Waals surface area contributed by atoms with Crippen LogP contribution >= 0.6 is 20.7 Å². The molecule has 1 saturated carbocycles. The predicted octanol–water partition coefficient (Wildman–Crippen LogP) is 12.5. The number of likely N-dealkylation sites (tertiary alicyclic amines) is 1. The number of nitrogens with two attached hydrogens (primary N) is 1. The number of rotatable bonds is 23. The lowest BCUT2D eigenvalue weighted by atomic mass is 9.90. The molecule has 2 fully saturated rings. The number of ketones is 1. The number of allylic oxidation sites excluding steroid dienone is 6. The second-order valence-electron chi connectivity index (χ2n) is 15.4. The van der Waals surface area contributed by atoms with Gasteiger partial charge in [-0.1, -0.05) is 118 Å². The largest absolute Gasteiger partial charge is 0.497 e. The van der Waals surface area contributed by atoms with E-state index in [2.05, 4.69) is 37.9 Å². The van der Waals surface area contributed by atoms with Gasteiger partial charge >= 0.3 is 0 Å². The number of nitrogens with zero attached hydrogens (tertiary/aromatic N) is 1. The highest BCUT2D eigenvalue weighted by molar-refractivity contribution is 14.2. The summed E-state index contributed by atoms with van der Waals surface area (Å²) in [5.41, 5.74) is 14.5. The number of halogens is 3. The summed E-state index contributed by atoms with van der Waals surface area (Å²) in [5, 5.41) is 0. The predicted molar refractivity (Wildman–Crippen MR) is 249 cm³/mol. The van der Waals surface area contributed by atoms with Gasteiger partial charge in [-0.2, -0.15) is 0 Å². The van der Waals surface area contributed by atoms with E-state index >= 15 is 0 Å². The van der Waals surface area contributed by atoms with Gasteiger partial charge in [0.1, 0.15) is 17.4 Å². The fourth-order valence-corrected chi connectivity index (χ4v) is 9.39. The number of nitrogens with one attached hydrogen (secondary N) is 2. The van der Waals surface area contributed by atoms with Crippen molar-refractivity contribution in [2.45, 2.75) is 155 Å². The molecule has 3 unspecified atom stereocenters. The summed E-state index contributed by atoms with van der Waals surface area (Å²) in [6, 6.07) is 7.61. The lowest BCUT2D eigenvalue weighted by Gasteiger charge is -2.40. The van der Waals surface area contributed by atoms with Gasteiger partial charge in [0.25, 0.3) is 5.91 Å². The van der Waals surface area contributed by atoms with Crippen molar-refractivity contribution in [1.82, 2.24) is 15.8 Å². The number of methoxy groups -OCH3 is 1.